The number of hydrazone groups is 1. The second-order valence-corrected chi connectivity index (χ2v) is 4.52. The molecular formula is C12H24N4O2. The minimum Gasteiger partial charge on any atom is -0.382 e. The lowest BCUT2D eigenvalue weighted by atomic mass is 9.93. The van der Waals surface area contributed by atoms with Crippen molar-refractivity contribution in [1.29, 1.82) is 5.41 Å². The van der Waals surface area contributed by atoms with Gasteiger partial charge in [-0.25, -0.2) is 0 Å². The molecule has 0 amide bonds. The van der Waals surface area contributed by atoms with Gasteiger partial charge in [-0.05, 0) is 12.8 Å². The zero-order chi connectivity index (χ0) is 13.5. The summed E-state index contributed by atoms with van der Waals surface area (Å²) in [4.78, 5) is 0. The average molecular weight is 256 g/mol. The van der Waals surface area contributed by atoms with E-state index < -0.39 is 0 Å². The molecule has 0 radical (unpaired) electrons. The van der Waals surface area contributed by atoms with Crippen LogP contribution >= 0.6 is 0 Å². The molecule has 1 rings (SSSR count). The molecule has 6 nitrogen and oxygen atoms in total. The molecule has 0 aromatic heterocycles. The van der Waals surface area contributed by atoms with Gasteiger partial charge in [-0.1, -0.05) is 6.92 Å². The molecule has 0 aliphatic carbocycles. The van der Waals surface area contributed by atoms with Gasteiger partial charge in [0, 0.05) is 26.6 Å². The normalized spacial score (nSPS) is 26.1. The van der Waals surface area contributed by atoms with Crippen LogP contribution in [0.15, 0.2) is 5.10 Å². The summed E-state index contributed by atoms with van der Waals surface area (Å²) in [5.41, 5.74) is 9.30. The number of hydrogen-bond donors (Lipinski definition) is 3. The smallest absolute Gasteiger partial charge is 0.0877 e. The lowest BCUT2D eigenvalue weighted by Gasteiger charge is -2.22. The SMILES string of the molecule is CNN=C(C(=N)CN)C(C)[C@H]1CCC(COC)O1. The van der Waals surface area contributed by atoms with Crippen molar-refractivity contribution in [2.75, 3.05) is 27.3 Å². The number of ether oxygens (including phenoxy) is 2. The predicted octanol–water partition coefficient (Wildman–Crippen LogP) is 0.370. The van der Waals surface area contributed by atoms with Crippen LogP contribution < -0.4 is 11.2 Å². The highest BCUT2D eigenvalue weighted by molar-refractivity contribution is 6.42. The first kappa shape index (κ1) is 15.1. The van der Waals surface area contributed by atoms with E-state index in [2.05, 4.69) is 10.5 Å². The van der Waals surface area contributed by atoms with E-state index in [0.717, 1.165) is 12.8 Å². The van der Waals surface area contributed by atoms with Gasteiger partial charge in [0.1, 0.15) is 0 Å². The summed E-state index contributed by atoms with van der Waals surface area (Å²) >= 11 is 0. The van der Waals surface area contributed by atoms with E-state index in [1.54, 1.807) is 14.2 Å². The minimum absolute atomic E-state index is 0.0651. The molecule has 1 aliphatic rings. The number of hydrogen-bond acceptors (Lipinski definition) is 6. The van der Waals surface area contributed by atoms with Gasteiger partial charge in [0.05, 0.1) is 30.2 Å². The van der Waals surface area contributed by atoms with Crippen LogP contribution in [-0.4, -0.2) is 50.9 Å². The second kappa shape index (κ2) is 7.45. The van der Waals surface area contributed by atoms with E-state index in [9.17, 15) is 0 Å². The van der Waals surface area contributed by atoms with E-state index >= 15 is 0 Å². The van der Waals surface area contributed by atoms with Gasteiger partial charge < -0.3 is 26.0 Å². The van der Waals surface area contributed by atoms with Crippen molar-refractivity contribution in [3.05, 3.63) is 0 Å². The number of nitrogens with zero attached hydrogens (tertiary/aromatic N) is 1. The van der Waals surface area contributed by atoms with Crippen LogP contribution in [0.3, 0.4) is 0 Å². The molecule has 1 fully saturated rings. The second-order valence-electron chi connectivity index (χ2n) is 4.52. The Morgan fingerprint density at radius 2 is 2.33 bits per heavy atom. The Labute approximate surface area is 108 Å². The van der Waals surface area contributed by atoms with Gasteiger partial charge in [-0.15, -0.1) is 0 Å². The first-order valence-electron chi connectivity index (χ1n) is 6.30. The Morgan fingerprint density at radius 3 is 2.89 bits per heavy atom. The molecule has 0 aromatic carbocycles. The van der Waals surface area contributed by atoms with E-state index in [1.807, 2.05) is 6.92 Å². The molecule has 0 bridgehead atoms. The first-order chi connectivity index (χ1) is 8.63. The molecule has 6 heteroatoms. The third-order valence-electron chi connectivity index (χ3n) is 3.23. The third-order valence-corrected chi connectivity index (χ3v) is 3.23. The van der Waals surface area contributed by atoms with E-state index in [-0.39, 0.29) is 24.7 Å². The average Bonchev–Trinajstić information content (AvgIpc) is 2.83. The molecule has 2 unspecified atom stereocenters. The Hall–Kier alpha value is -0.980. The predicted molar refractivity (Wildman–Crippen MR) is 72.2 cm³/mol. The zero-order valence-electron chi connectivity index (χ0n) is 11.4. The molecule has 1 heterocycles. The van der Waals surface area contributed by atoms with Crippen LogP contribution in [0.25, 0.3) is 0 Å². The first-order valence-corrected chi connectivity index (χ1v) is 6.30. The van der Waals surface area contributed by atoms with Gasteiger partial charge in [0.2, 0.25) is 0 Å². The van der Waals surface area contributed by atoms with Crippen molar-refractivity contribution in [2.45, 2.75) is 32.0 Å². The van der Waals surface area contributed by atoms with Gasteiger partial charge in [0.15, 0.2) is 0 Å². The van der Waals surface area contributed by atoms with Crippen LogP contribution in [0, 0.1) is 11.3 Å². The Morgan fingerprint density at radius 1 is 1.61 bits per heavy atom. The van der Waals surface area contributed by atoms with Crippen molar-refractivity contribution in [3.8, 4) is 0 Å². The van der Waals surface area contributed by atoms with Gasteiger partial charge in [-0.2, -0.15) is 5.10 Å². The maximum atomic E-state index is 7.85. The molecule has 3 atom stereocenters. The molecule has 1 saturated heterocycles. The molecule has 0 spiro atoms. The number of methoxy groups -OCH3 is 1. The number of nitrogens with one attached hydrogen (secondary N) is 2. The lowest BCUT2D eigenvalue weighted by Crippen LogP contribution is -2.36. The highest BCUT2D eigenvalue weighted by Crippen LogP contribution is 2.26. The van der Waals surface area contributed by atoms with Crippen LogP contribution in [0.1, 0.15) is 19.8 Å². The number of nitrogens with two attached hydrogens (primary N) is 1. The number of rotatable bonds is 7. The van der Waals surface area contributed by atoms with E-state index in [0.29, 0.717) is 18.0 Å². The molecular weight excluding hydrogens is 232 g/mol. The minimum atomic E-state index is 0.0651. The van der Waals surface area contributed by atoms with Crippen molar-refractivity contribution in [2.24, 2.45) is 16.8 Å². The molecule has 0 aromatic rings. The summed E-state index contributed by atoms with van der Waals surface area (Å²) in [5, 5.41) is 12.0. The topological polar surface area (TPSA) is 92.7 Å². The van der Waals surface area contributed by atoms with Crippen molar-refractivity contribution in [3.63, 3.8) is 0 Å². The van der Waals surface area contributed by atoms with Crippen molar-refractivity contribution < 1.29 is 9.47 Å². The van der Waals surface area contributed by atoms with Gasteiger partial charge >= 0.3 is 0 Å². The molecule has 0 saturated carbocycles. The fourth-order valence-electron chi connectivity index (χ4n) is 2.26. The molecule has 1 aliphatic heterocycles. The Kier molecular flexibility index (Phi) is 6.24. The Bertz CT molecular complexity index is 306. The summed E-state index contributed by atoms with van der Waals surface area (Å²) < 4.78 is 11.0. The fourth-order valence-corrected chi connectivity index (χ4v) is 2.26. The standard InChI is InChI=1S/C12H24N4O2/c1-8(12(16-15-2)10(14)6-13)11-5-4-9(18-11)7-17-3/h8-9,11,14-15H,4-7,13H2,1-3H3/t8?,9?,11-/m1/s1. The fraction of sp³-hybridized carbons (Fsp3) is 0.833. The van der Waals surface area contributed by atoms with Crippen molar-refractivity contribution >= 4 is 11.4 Å². The van der Waals surface area contributed by atoms with Crippen LogP contribution in [0.5, 0.6) is 0 Å². The Balaban J connectivity index is 2.65. The van der Waals surface area contributed by atoms with Crippen molar-refractivity contribution in [1.82, 2.24) is 5.43 Å². The summed E-state index contributed by atoms with van der Waals surface area (Å²) in [5.74, 6) is 0.0651. The zero-order valence-corrected chi connectivity index (χ0v) is 11.4. The summed E-state index contributed by atoms with van der Waals surface area (Å²) in [7, 11) is 3.40. The highest BCUT2D eigenvalue weighted by Gasteiger charge is 2.32. The third kappa shape index (κ3) is 3.76. The maximum absolute atomic E-state index is 7.85. The quantitative estimate of drug-likeness (QED) is 0.453. The highest BCUT2D eigenvalue weighted by atomic mass is 16.5. The van der Waals surface area contributed by atoms with Crippen LogP contribution in [-0.2, 0) is 9.47 Å². The maximum Gasteiger partial charge on any atom is 0.0877 e. The monoisotopic (exact) mass is 256 g/mol. The molecule has 18 heavy (non-hydrogen) atoms. The van der Waals surface area contributed by atoms with Crippen LogP contribution in [0.4, 0.5) is 0 Å². The largest absolute Gasteiger partial charge is 0.382 e. The van der Waals surface area contributed by atoms with Gasteiger partial charge in [-0.3, -0.25) is 0 Å². The van der Waals surface area contributed by atoms with Gasteiger partial charge in [0.25, 0.3) is 0 Å². The lowest BCUT2D eigenvalue weighted by molar-refractivity contribution is -0.0109. The van der Waals surface area contributed by atoms with E-state index in [1.165, 1.54) is 0 Å². The summed E-state index contributed by atoms with van der Waals surface area (Å²) in [6.45, 7) is 2.84. The summed E-state index contributed by atoms with van der Waals surface area (Å²) in [6.07, 6.45) is 2.20. The van der Waals surface area contributed by atoms with E-state index in [4.69, 9.17) is 20.6 Å². The summed E-state index contributed by atoms with van der Waals surface area (Å²) in [6, 6.07) is 0. The molecule has 4 N–H and O–H groups in total. The van der Waals surface area contributed by atoms with Crippen LogP contribution in [0.2, 0.25) is 0 Å². The molecule has 104 valence electrons.